The Morgan fingerprint density at radius 3 is 2.37 bits per heavy atom. The van der Waals surface area contributed by atoms with Crippen LogP contribution in [0.25, 0.3) is 0 Å². The predicted molar refractivity (Wildman–Crippen MR) is 73.8 cm³/mol. The summed E-state index contributed by atoms with van der Waals surface area (Å²) in [6, 6.07) is 8.74. The molecule has 4 heteroatoms. The number of benzene rings is 1. The summed E-state index contributed by atoms with van der Waals surface area (Å²) >= 11 is 0. The van der Waals surface area contributed by atoms with Gasteiger partial charge in [0.1, 0.15) is 6.04 Å². The van der Waals surface area contributed by atoms with Gasteiger partial charge in [-0.15, -0.1) is 0 Å². The summed E-state index contributed by atoms with van der Waals surface area (Å²) in [5.41, 5.74) is 0.816. The first-order valence-corrected chi connectivity index (χ1v) is 6.79. The van der Waals surface area contributed by atoms with Gasteiger partial charge in [0.25, 0.3) is 0 Å². The second-order valence-electron chi connectivity index (χ2n) is 5.05. The number of nitrogens with one attached hydrogen (secondary N) is 2. The van der Waals surface area contributed by atoms with Crippen LogP contribution in [0.15, 0.2) is 30.3 Å². The van der Waals surface area contributed by atoms with Crippen molar-refractivity contribution in [1.82, 2.24) is 10.6 Å². The number of carbonyl (C=O) groups is 2. The minimum absolute atomic E-state index is 0.0622. The van der Waals surface area contributed by atoms with Gasteiger partial charge in [-0.2, -0.15) is 0 Å². The molecule has 0 spiro atoms. The maximum atomic E-state index is 11.9. The van der Waals surface area contributed by atoms with Crippen molar-refractivity contribution in [2.24, 2.45) is 0 Å². The highest BCUT2D eigenvalue weighted by molar-refractivity contribution is 5.88. The van der Waals surface area contributed by atoms with E-state index in [1.807, 2.05) is 30.3 Å². The van der Waals surface area contributed by atoms with Crippen molar-refractivity contribution in [3.63, 3.8) is 0 Å². The van der Waals surface area contributed by atoms with Crippen molar-refractivity contribution in [1.29, 1.82) is 0 Å². The quantitative estimate of drug-likeness (QED) is 0.874. The van der Waals surface area contributed by atoms with E-state index >= 15 is 0 Å². The fraction of sp³-hybridized carbons (Fsp3) is 0.467. The van der Waals surface area contributed by atoms with Crippen LogP contribution in [0.1, 0.15) is 44.2 Å². The fourth-order valence-corrected chi connectivity index (χ4v) is 2.49. The molecule has 4 nitrogen and oxygen atoms in total. The van der Waals surface area contributed by atoms with Crippen LogP contribution in [0.2, 0.25) is 0 Å². The first-order chi connectivity index (χ1) is 9.16. The molecule has 0 unspecified atom stereocenters. The molecule has 1 aromatic carbocycles. The van der Waals surface area contributed by atoms with Crippen LogP contribution in [0.3, 0.4) is 0 Å². The third-order valence-electron chi connectivity index (χ3n) is 3.51. The van der Waals surface area contributed by atoms with Crippen molar-refractivity contribution in [3.05, 3.63) is 35.9 Å². The lowest BCUT2D eigenvalue weighted by atomic mass is 10.0. The van der Waals surface area contributed by atoms with Crippen molar-refractivity contribution in [3.8, 4) is 0 Å². The molecular weight excluding hydrogens is 240 g/mol. The van der Waals surface area contributed by atoms with Gasteiger partial charge in [-0.05, 0) is 25.3 Å². The summed E-state index contributed by atoms with van der Waals surface area (Å²) in [5, 5.41) is 5.69. The molecule has 2 amide bonds. The summed E-state index contributed by atoms with van der Waals surface area (Å²) in [4.78, 5) is 23.6. The molecule has 0 radical (unpaired) electrons. The van der Waals surface area contributed by atoms with Gasteiger partial charge < -0.3 is 10.6 Å². The zero-order valence-electron chi connectivity index (χ0n) is 11.2. The van der Waals surface area contributed by atoms with Gasteiger partial charge in [0.15, 0.2) is 5.78 Å². The molecule has 2 N–H and O–H groups in total. The van der Waals surface area contributed by atoms with E-state index in [0.29, 0.717) is 0 Å². The Morgan fingerprint density at radius 1 is 1.16 bits per heavy atom. The summed E-state index contributed by atoms with van der Waals surface area (Å²) < 4.78 is 0. The van der Waals surface area contributed by atoms with Crippen LogP contribution in [0.4, 0.5) is 4.79 Å². The number of ketones is 1. The Kier molecular flexibility index (Phi) is 4.55. The Labute approximate surface area is 113 Å². The molecule has 102 valence electrons. The molecule has 2 rings (SSSR count). The second kappa shape index (κ2) is 6.36. The van der Waals surface area contributed by atoms with Crippen molar-refractivity contribution in [2.75, 3.05) is 0 Å². The number of amides is 2. The first kappa shape index (κ1) is 13.6. The SMILES string of the molecule is CC(=O)[C@H](NC(=O)NC1CCCC1)c1ccccc1. The molecule has 0 heterocycles. The van der Waals surface area contributed by atoms with E-state index in [1.54, 1.807) is 0 Å². The van der Waals surface area contributed by atoms with Gasteiger partial charge >= 0.3 is 6.03 Å². The predicted octanol–water partition coefficient (Wildman–Crippen LogP) is 2.56. The van der Waals surface area contributed by atoms with Crippen LogP contribution in [0.5, 0.6) is 0 Å². The number of rotatable bonds is 4. The molecule has 0 aliphatic heterocycles. The Hall–Kier alpha value is -1.84. The van der Waals surface area contributed by atoms with Gasteiger partial charge in [0.2, 0.25) is 0 Å². The van der Waals surface area contributed by atoms with Gasteiger partial charge in [0, 0.05) is 6.04 Å². The summed E-state index contributed by atoms with van der Waals surface area (Å²) in [5.74, 6) is -0.0622. The maximum absolute atomic E-state index is 11.9. The number of urea groups is 1. The normalized spacial score (nSPS) is 16.9. The van der Waals surface area contributed by atoms with Crippen LogP contribution < -0.4 is 10.6 Å². The topological polar surface area (TPSA) is 58.2 Å². The van der Waals surface area contributed by atoms with E-state index in [4.69, 9.17) is 0 Å². The average molecular weight is 260 g/mol. The molecule has 0 saturated heterocycles. The largest absolute Gasteiger partial charge is 0.335 e. The average Bonchev–Trinajstić information content (AvgIpc) is 2.89. The van der Waals surface area contributed by atoms with E-state index in [1.165, 1.54) is 19.8 Å². The van der Waals surface area contributed by atoms with E-state index in [2.05, 4.69) is 10.6 Å². The van der Waals surface area contributed by atoms with E-state index < -0.39 is 6.04 Å². The monoisotopic (exact) mass is 260 g/mol. The third kappa shape index (κ3) is 3.81. The molecule has 1 aliphatic rings. The number of Topliss-reactive ketones (excluding diaryl/α,β-unsaturated/α-hetero) is 1. The summed E-state index contributed by atoms with van der Waals surface area (Å²) in [6.45, 7) is 1.49. The summed E-state index contributed by atoms with van der Waals surface area (Å²) in [6.07, 6.45) is 4.40. The lowest BCUT2D eigenvalue weighted by Crippen LogP contribution is -2.44. The number of carbonyl (C=O) groups excluding carboxylic acids is 2. The number of hydrogen-bond acceptors (Lipinski definition) is 2. The van der Waals surface area contributed by atoms with E-state index in [-0.39, 0.29) is 17.9 Å². The van der Waals surface area contributed by atoms with E-state index in [0.717, 1.165) is 18.4 Å². The third-order valence-corrected chi connectivity index (χ3v) is 3.51. The molecule has 1 atom stereocenters. The molecule has 1 saturated carbocycles. The van der Waals surface area contributed by atoms with Gasteiger partial charge in [-0.25, -0.2) is 4.79 Å². The van der Waals surface area contributed by atoms with Crippen LogP contribution in [0, 0.1) is 0 Å². The van der Waals surface area contributed by atoms with Crippen molar-refractivity contribution >= 4 is 11.8 Å². The minimum Gasteiger partial charge on any atom is -0.335 e. The second-order valence-corrected chi connectivity index (χ2v) is 5.05. The molecule has 19 heavy (non-hydrogen) atoms. The lowest BCUT2D eigenvalue weighted by Gasteiger charge is -2.19. The van der Waals surface area contributed by atoms with Gasteiger partial charge in [0.05, 0.1) is 0 Å². The Bertz CT molecular complexity index is 439. The smallest absolute Gasteiger partial charge is 0.315 e. The number of hydrogen-bond donors (Lipinski definition) is 2. The Balaban J connectivity index is 1.97. The molecule has 1 aliphatic carbocycles. The molecule has 0 aromatic heterocycles. The highest BCUT2D eigenvalue weighted by atomic mass is 16.2. The highest BCUT2D eigenvalue weighted by Gasteiger charge is 2.22. The van der Waals surface area contributed by atoms with E-state index in [9.17, 15) is 9.59 Å². The Morgan fingerprint density at radius 2 is 1.79 bits per heavy atom. The summed E-state index contributed by atoms with van der Waals surface area (Å²) in [7, 11) is 0. The van der Waals surface area contributed by atoms with Crippen LogP contribution in [-0.4, -0.2) is 17.9 Å². The fourth-order valence-electron chi connectivity index (χ4n) is 2.49. The van der Waals surface area contributed by atoms with Crippen LogP contribution in [-0.2, 0) is 4.79 Å². The molecule has 1 fully saturated rings. The minimum atomic E-state index is -0.567. The maximum Gasteiger partial charge on any atom is 0.315 e. The van der Waals surface area contributed by atoms with Gasteiger partial charge in [-0.3, -0.25) is 4.79 Å². The zero-order chi connectivity index (χ0) is 13.7. The van der Waals surface area contributed by atoms with Crippen LogP contribution >= 0.6 is 0 Å². The van der Waals surface area contributed by atoms with Gasteiger partial charge in [-0.1, -0.05) is 43.2 Å². The molecule has 1 aromatic rings. The first-order valence-electron chi connectivity index (χ1n) is 6.79. The zero-order valence-corrected chi connectivity index (χ0v) is 11.2. The van der Waals surface area contributed by atoms with Crippen molar-refractivity contribution < 1.29 is 9.59 Å². The standard InChI is InChI=1S/C15H20N2O2/c1-11(18)14(12-7-3-2-4-8-12)17-15(19)16-13-9-5-6-10-13/h2-4,7-8,13-14H,5-6,9-10H2,1H3,(H2,16,17,19)/t14-/m0/s1. The lowest BCUT2D eigenvalue weighted by molar-refractivity contribution is -0.118. The molecular formula is C15H20N2O2. The van der Waals surface area contributed by atoms with Crippen molar-refractivity contribution in [2.45, 2.75) is 44.7 Å². The highest BCUT2D eigenvalue weighted by Crippen LogP contribution is 2.18. The molecule has 0 bridgehead atoms.